The fourth-order valence-electron chi connectivity index (χ4n) is 1.73. The summed E-state index contributed by atoms with van der Waals surface area (Å²) in [7, 11) is 0. The second-order valence-electron chi connectivity index (χ2n) is 4.61. The van der Waals surface area contributed by atoms with E-state index in [-0.39, 0.29) is 10.8 Å². The van der Waals surface area contributed by atoms with Crippen molar-refractivity contribution < 1.29 is 0 Å². The maximum absolute atomic E-state index is 6.29. The van der Waals surface area contributed by atoms with Gasteiger partial charge in [-0.05, 0) is 6.92 Å². The van der Waals surface area contributed by atoms with Crippen molar-refractivity contribution in [1.29, 1.82) is 0 Å². The number of hydrogen-bond acceptors (Lipinski definition) is 3. The summed E-state index contributed by atoms with van der Waals surface area (Å²) in [6.07, 6.45) is 0. The van der Waals surface area contributed by atoms with Crippen molar-refractivity contribution in [3.05, 3.63) is 11.1 Å². The van der Waals surface area contributed by atoms with Gasteiger partial charge in [0.25, 0.3) is 0 Å². The highest BCUT2D eigenvalue weighted by atomic mass is 35.5. The fraction of sp³-hybridized carbons (Fsp3) is 0.700. The average molecular weight is 231 g/mol. The maximum atomic E-state index is 6.29. The first kappa shape index (κ1) is 10.2. The molecule has 78 valence electrons. The first-order valence-corrected chi connectivity index (χ1v) is 6.12. The molecule has 0 saturated carbocycles. The highest BCUT2D eigenvalue weighted by Gasteiger charge is 2.38. The number of thiazole rings is 1. The van der Waals surface area contributed by atoms with E-state index in [1.54, 1.807) is 11.3 Å². The summed E-state index contributed by atoms with van der Waals surface area (Å²) in [5.74, 6) is 0. The van der Waals surface area contributed by atoms with E-state index in [4.69, 9.17) is 11.6 Å². The molecule has 0 spiro atoms. The number of anilines is 1. The number of aromatic nitrogens is 1. The number of halogens is 1. The Morgan fingerprint density at radius 3 is 2.79 bits per heavy atom. The summed E-state index contributed by atoms with van der Waals surface area (Å²) >= 11 is 8.00. The van der Waals surface area contributed by atoms with E-state index in [1.165, 1.54) is 0 Å². The molecule has 0 aliphatic carbocycles. The summed E-state index contributed by atoms with van der Waals surface area (Å²) in [6.45, 7) is 8.38. The summed E-state index contributed by atoms with van der Waals surface area (Å²) in [5, 5.41) is 3.43. The number of rotatable bonds is 1. The predicted octanol–water partition coefficient (Wildman–Crippen LogP) is 2.91. The largest absolute Gasteiger partial charge is 0.346 e. The number of nitrogens with zero attached hydrogens (tertiary/aromatic N) is 2. The third-order valence-electron chi connectivity index (χ3n) is 2.70. The molecule has 1 atom stereocenters. The van der Waals surface area contributed by atoms with Gasteiger partial charge < -0.3 is 4.90 Å². The van der Waals surface area contributed by atoms with Gasteiger partial charge in [0, 0.05) is 23.9 Å². The van der Waals surface area contributed by atoms with Crippen LogP contribution in [0.3, 0.4) is 0 Å². The molecule has 4 heteroatoms. The van der Waals surface area contributed by atoms with Gasteiger partial charge in [-0.25, -0.2) is 4.98 Å². The van der Waals surface area contributed by atoms with Crippen LogP contribution in [0.15, 0.2) is 5.38 Å². The molecule has 2 heterocycles. The normalized spacial score (nSPS) is 25.7. The molecule has 1 aromatic heterocycles. The van der Waals surface area contributed by atoms with Crippen molar-refractivity contribution in [2.45, 2.75) is 26.1 Å². The van der Waals surface area contributed by atoms with Gasteiger partial charge >= 0.3 is 0 Å². The Bertz CT molecular complexity index is 335. The van der Waals surface area contributed by atoms with Gasteiger partial charge in [-0.2, -0.15) is 0 Å². The van der Waals surface area contributed by atoms with Crippen molar-refractivity contribution in [2.75, 3.05) is 18.0 Å². The fourth-order valence-corrected chi connectivity index (χ4v) is 2.78. The molecular weight excluding hydrogens is 216 g/mol. The lowest BCUT2D eigenvalue weighted by Crippen LogP contribution is -2.23. The van der Waals surface area contributed by atoms with Crippen LogP contribution < -0.4 is 4.90 Å². The van der Waals surface area contributed by atoms with E-state index in [2.05, 4.69) is 29.1 Å². The van der Waals surface area contributed by atoms with Crippen molar-refractivity contribution in [3.8, 4) is 0 Å². The van der Waals surface area contributed by atoms with Gasteiger partial charge in [-0.3, -0.25) is 0 Å². The van der Waals surface area contributed by atoms with Crippen LogP contribution in [0, 0.1) is 12.3 Å². The van der Waals surface area contributed by atoms with Crippen LogP contribution in [0.4, 0.5) is 5.13 Å². The molecule has 1 aromatic rings. The molecule has 14 heavy (non-hydrogen) atoms. The van der Waals surface area contributed by atoms with Crippen LogP contribution in [0.25, 0.3) is 0 Å². The van der Waals surface area contributed by atoms with E-state index in [9.17, 15) is 0 Å². The SMILES string of the molecule is Cc1csc(N2CC(Cl)C(C)(C)C2)n1. The third kappa shape index (κ3) is 1.75. The van der Waals surface area contributed by atoms with E-state index in [1.807, 2.05) is 6.92 Å². The second-order valence-corrected chi connectivity index (χ2v) is 5.97. The Morgan fingerprint density at radius 1 is 1.64 bits per heavy atom. The van der Waals surface area contributed by atoms with Gasteiger partial charge in [0.1, 0.15) is 0 Å². The molecule has 0 amide bonds. The van der Waals surface area contributed by atoms with Gasteiger partial charge in [-0.1, -0.05) is 13.8 Å². The van der Waals surface area contributed by atoms with Crippen molar-refractivity contribution in [2.24, 2.45) is 5.41 Å². The molecule has 1 aliphatic heterocycles. The van der Waals surface area contributed by atoms with Crippen LogP contribution in [0.1, 0.15) is 19.5 Å². The van der Waals surface area contributed by atoms with E-state index in [0.717, 1.165) is 23.9 Å². The minimum atomic E-state index is 0.196. The molecule has 0 N–H and O–H groups in total. The Hall–Kier alpha value is -0.280. The quantitative estimate of drug-likeness (QED) is 0.690. The Balaban J connectivity index is 2.16. The van der Waals surface area contributed by atoms with Crippen LogP contribution in [0.5, 0.6) is 0 Å². The molecule has 2 rings (SSSR count). The maximum Gasteiger partial charge on any atom is 0.185 e. The molecule has 0 aromatic carbocycles. The average Bonchev–Trinajstić information content (AvgIpc) is 2.58. The smallest absolute Gasteiger partial charge is 0.185 e. The van der Waals surface area contributed by atoms with Gasteiger partial charge in [0.2, 0.25) is 0 Å². The molecule has 1 aliphatic rings. The van der Waals surface area contributed by atoms with Crippen molar-refractivity contribution in [3.63, 3.8) is 0 Å². The zero-order valence-corrected chi connectivity index (χ0v) is 10.3. The predicted molar refractivity (Wildman–Crippen MR) is 62.5 cm³/mol. The lowest BCUT2D eigenvalue weighted by atomic mass is 9.93. The molecule has 1 fully saturated rings. The van der Waals surface area contributed by atoms with Crippen LogP contribution >= 0.6 is 22.9 Å². The van der Waals surface area contributed by atoms with Crippen molar-refractivity contribution >= 4 is 28.1 Å². The van der Waals surface area contributed by atoms with Crippen LogP contribution in [-0.4, -0.2) is 23.5 Å². The van der Waals surface area contributed by atoms with E-state index >= 15 is 0 Å². The molecule has 1 saturated heterocycles. The lowest BCUT2D eigenvalue weighted by Gasteiger charge is -2.20. The summed E-state index contributed by atoms with van der Waals surface area (Å²) in [5.41, 5.74) is 1.29. The third-order valence-corrected chi connectivity index (χ3v) is 4.45. The first-order chi connectivity index (χ1) is 6.49. The van der Waals surface area contributed by atoms with Crippen LogP contribution in [0.2, 0.25) is 0 Å². The molecule has 1 unspecified atom stereocenters. The topological polar surface area (TPSA) is 16.1 Å². The summed E-state index contributed by atoms with van der Waals surface area (Å²) in [4.78, 5) is 6.77. The first-order valence-electron chi connectivity index (χ1n) is 4.80. The summed E-state index contributed by atoms with van der Waals surface area (Å²) < 4.78 is 0. The van der Waals surface area contributed by atoms with Crippen molar-refractivity contribution in [1.82, 2.24) is 4.98 Å². The van der Waals surface area contributed by atoms with Gasteiger partial charge in [0.15, 0.2) is 5.13 Å². The molecule has 2 nitrogen and oxygen atoms in total. The Labute approximate surface area is 93.9 Å². The Kier molecular flexibility index (Phi) is 2.48. The van der Waals surface area contributed by atoms with E-state index in [0.29, 0.717) is 0 Å². The number of alkyl halides is 1. The molecule has 0 radical (unpaired) electrons. The zero-order valence-electron chi connectivity index (χ0n) is 8.75. The van der Waals surface area contributed by atoms with Gasteiger partial charge in [-0.15, -0.1) is 22.9 Å². The highest BCUT2D eigenvalue weighted by Crippen LogP contribution is 2.37. The number of hydrogen-bond donors (Lipinski definition) is 0. The Morgan fingerprint density at radius 2 is 2.36 bits per heavy atom. The molecular formula is C10H15ClN2S. The van der Waals surface area contributed by atoms with Gasteiger partial charge in [0.05, 0.1) is 11.1 Å². The monoisotopic (exact) mass is 230 g/mol. The zero-order chi connectivity index (χ0) is 10.3. The highest BCUT2D eigenvalue weighted by molar-refractivity contribution is 7.13. The molecule has 0 bridgehead atoms. The summed E-state index contributed by atoms with van der Waals surface area (Å²) in [6, 6.07) is 0. The standard InChI is InChI=1S/C10H15ClN2S/c1-7-5-14-9(12-7)13-4-8(11)10(2,3)6-13/h5,8H,4,6H2,1-3H3. The van der Waals surface area contributed by atoms with Crippen LogP contribution in [-0.2, 0) is 0 Å². The van der Waals surface area contributed by atoms with E-state index < -0.39 is 0 Å². The minimum Gasteiger partial charge on any atom is -0.346 e. The lowest BCUT2D eigenvalue weighted by molar-refractivity contribution is 0.425. The minimum absolute atomic E-state index is 0.196. The number of aryl methyl sites for hydroxylation is 1. The second kappa shape index (κ2) is 3.38.